The Bertz CT molecular complexity index is 1060. The van der Waals surface area contributed by atoms with Crippen molar-refractivity contribution in [2.75, 3.05) is 43.9 Å². The summed E-state index contributed by atoms with van der Waals surface area (Å²) in [6, 6.07) is 13.9. The van der Waals surface area contributed by atoms with Gasteiger partial charge in [-0.05, 0) is 50.1 Å². The molecule has 1 aliphatic heterocycles. The monoisotopic (exact) mass is 472 g/mol. The molecule has 2 N–H and O–H groups in total. The van der Waals surface area contributed by atoms with Crippen LogP contribution >= 0.6 is 0 Å². The molecule has 2 amide bonds. The molecule has 1 aliphatic rings. The molecule has 2 aromatic carbocycles. The number of nitrogens with zero attached hydrogens (tertiary/aromatic N) is 2. The van der Waals surface area contributed by atoms with E-state index in [-0.39, 0.29) is 29.8 Å². The number of likely N-dealkylation sites (N-methyl/N-ethyl adjacent to an activating group) is 1. The second-order valence-corrected chi connectivity index (χ2v) is 10.3. The van der Waals surface area contributed by atoms with Gasteiger partial charge >= 0.3 is 0 Å². The number of sulfonamides is 1. The molecule has 0 radical (unpaired) electrons. The van der Waals surface area contributed by atoms with E-state index < -0.39 is 10.0 Å². The molecule has 9 heteroatoms. The average Bonchev–Trinajstić information content (AvgIpc) is 3.09. The molecule has 3 rings (SSSR count). The Morgan fingerprint density at radius 1 is 0.970 bits per heavy atom. The van der Waals surface area contributed by atoms with Crippen molar-refractivity contribution in [3.63, 3.8) is 0 Å². The number of rotatable bonds is 8. The van der Waals surface area contributed by atoms with Crippen molar-refractivity contribution in [1.29, 1.82) is 0 Å². The first kappa shape index (κ1) is 24.7. The third kappa shape index (κ3) is 7.03. The zero-order valence-corrected chi connectivity index (χ0v) is 20.0. The molecule has 0 bridgehead atoms. The predicted molar refractivity (Wildman–Crippen MR) is 130 cm³/mol. The molecule has 0 saturated carbocycles. The van der Waals surface area contributed by atoms with E-state index in [2.05, 4.69) is 10.6 Å². The molecule has 0 atom stereocenters. The summed E-state index contributed by atoms with van der Waals surface area (Å²) in [5, 5.41) is 5.74. The van der Waals surface area contributed by atoms with Crippen molar-refractivity contribution >= 4 is 33.2 Å². The van der Waals surface area contributed by atoms with Gasteiger partial charge in [-0.1, -0.05) is 36.6 Å². The van der Waals surface area contributed by atoms with Crippen molar-refractivity contribution < 1.29 is 18.0 Å². The van der Waals surface area contributed by atoms with Crippen LogP contribution in [0.4, 0.5) is 11.4 Å². The highest BCUT2D eigenvalue weighted by Crippen LogP contribution is 2.22. The SMILES string of the molecule is Cc1ccc(NC(=O)CN(C)C(=O)CNc2cccc(S(=O)(=O)N3CCCCCC3)c2)cc1. The number of carbonyl (C=O) groups excluding carboxylic acids is 2. The van der Waals surface area contributed by atoms with Gasteiger partial charge in [0.15, 0.2) is 0 Å². The van der Waals surface area contributed by atoms with Gasteiger partial charge < -0.3 is 15.5 Å². The Labute approximate surface area is 196 Å². The van der Waals surface area contributed by atoms with Gasteiger partial charge in [0.25, 0.3) is 0 Å². The minimum absolute atomic E-state index is 0.0540. The molecular formula is C24H32N4O4S. The first-order chi connectivity index (χ1) is 15.8. The lowest BCUT2D eigenvalue weighted by molar-refractivity contribution is -0.131. The Morgan fingerprint density at radius 3 is 2.30 bits per heavy atom. The maximum absolute atomic E-state index is 13.0. The molecule has 178 valence electrons. The van der Waals surface area contributed by atoms with Gasteiger partial charge in [-0.2, -0.15) is 4.31 Å². The van der Waals surface area contributed by atoms with Crippen LogP contribution in [0.1, 0.15) is 31.2 Å². The Kier molecular flexibility index (Phi) is 8.46. The van der Waals surface area contributed by atoms with Crippen LogP contribution in [-0.2, 0) is 19.6 Å². The van der Waals surface area contributed by atoms with E-state index in [1.165, 1.54) is 4.90 Å². The van der Waals surface area contributed by atoms with Crippen LogP contribution in [-0.4, -0.2) is 62.7 Å². The van der Waals surface area contributed by atoms with Gasteiger partial charge in [-0.15, -0.1) is 0 Å². The lowest BCUT2D eigenvalue weighted by Crippen LogP contribution is -2.38. The van der Waals surface area contributed by atoms with Crippen LogP contribution in [0.15, 0.2) is 53.4 Å². The zero-order chi connectivity index (χ0) is 23.8. The number of carbonyl (C=O) groups is 2. The number of aryl methyl sites for hydroxylation is 1. The summed E-state index contributed by atoms with van der Waals surface area (Å²) in [6.45, 7) is 2.90. The van der Waals surface area contributed by atoms with Crippen LogP contribution in [0.2, 0.25) is 0 Å². The van der Waals surface area contributed by atoms with E-state index in [0.717, 1.165) is 31.2 Å². The van der Waals surface area contributed by atoms with Gasteiger partial charge in [0.2, 0.25) is 21.8 Å². The molecule has 2 aromatic rings. The maximum atomic E-state index is 13.0. The van der Waals surface area contributed by atoms with Crippen LogP contribution in [0.5, 0.6) is 0 Å². The van der Waals surface area contributed by atoms with Crippen LogP contribution < -0.4 is 10.6 Å². The second kappa shape index (κ2) is 11.3. The van der Waals surface area contributed by atoms with Crippen molar-refractivity contribution in [3.05, 3.63) is 54.1 Å². The van der Waals surface area contributed by atoms with Crippen LogP contribution in [0.25, 0.3) is 0 Å². The lowest BCUT2D eigenvalue weighted by atomic mass is 10.2. The second-order valence-electron chi connectivity index (χ2n) is 8.36. The highest BCUT2D eigenvalue weighted by Gasteiger charge is 2.25. The van der Waals surface area contributed by atoms with Crippen molar-refractivity contribution in [3.8, 4) is 0 Å². The summed E-state index contributed by atoms with van der Waals surface area (Å²) in [5.41, 5.74) is 2.30. The summed E-state index contributed by atoms with van der Waals surface area (Å²) in [4.78, 5) is 26.2. The summed E-state index contributed by atoms with van der Waals surface area (Å²) in [7, 11) is -2.01. The molecule has 8 nitrogen and oxygen atoms in total. The molecule has 1 saturated heterocycles. The summed E-state index contributed by atoms with van der Waals surface area (Å²) >= 11 is 0. The van der Waals surface area contributed by atoms with Crippen molar-refractivity contribution in [2.24, 2.45) is 0 Å². The van der Waals surface area contributed by atoms with E-state index in [9.17, 15) is 18.0 Å². The fraction of sp³-hybridized carbons (Fsp3) is 0.417. The maximum Gasteiger partial charge on any atom is 0.243 e. The van der Waals surface area contributed by atoms with Crippen LogP contribution in [0.3, 0.4) is 0 Å². The normalized spacial score (nSPS) is 14.8. The molecule has 1 heterocycles. The largest absolute Gasteiger partial charge is 0.376 e. The molecule has 0 spiro atoms. The first-order valence-corrected chi connectivity index (χ1v) is 12.6. The highest BCUT2D eigenvalue weighted by atomic mass is 32.2. The fourth-order valence-electron chi connectivity index (χ4n) is 3.65. The average molecular weight is 473 g/mol. The van der Waals surface area contributed by atoms with Gasteiger partial charge in [-0.3, -0.25) is 9.59 Å². The van der Waals surface area contributed by atoms with E-state index in [1.54, 1.807) is 35.6 Å². The molecule has 0 unspecified atom stereocenters. The Morgan fingerprint density at radius 2 is 1.64 bits per heavy atom. The third-order valence-electron chi connectivity index (χ3n) is 5.62. The molecule has 0 aromatic heterocycles. The predicted octanol–water partition coefficient (Wildman–Crippen LogP) is 3.07. The highest BCUT2D eigenvalue weighted by molar-refractivity contribution is 7.89. The number of hydrogen-bond donors (Lipinski definition) is 2. The Hall–Kier alpha value is -2.91. The molecule has 1 fully saturated rings. The Balaban J connectivity index is 1.54. The number of amides is 2. The fourth-order valence-corrected chi connectivity index (χ4v) is 5.21. The van der Waals surface area contributed by atoms with E-state index in [0.29, 0.717) is 24.5 Å². The number of benzene rings is 2. The minimum Gasteiger partial charge on any atom is -0.376 e. The molecule has 0 aliphatic carbocycles. The van der Waals surface area contributed by atoms with Gasteiger partial charge in [0.1, 0.15) is 0 Å². The van der Waals surface area contributed by atoms with Gasteiger partial charge in [-0.25, -0.2) is 8.42 Å². The van der Waals surface area contributed by atoms with Crippen LogP contribution in [0, 0.1) is 6.92 Å². The quantitative estimate of drug-likeness (QED) is 0.615. The van der Waals surface area contributed by atoms with E-state index in [4.69, 9.17) is 0 Å². The van der Waals surface area contributed by atoms with Gasteiger partial charge in [0, 0.05) is 31.5 Å². The van der Waals surface area contributed by atoms with Gasteiger partial charge in [0.05, 0.1) is 18.0 Å². The van der Waals surface area contributed by atoms with E-state index >= 15 is 0 Å². The smallest absolute Gasteiger partial charge is 0.243 e. The lowest BCUT2D eigenvalue weighted by Gasteiger charge is -2.20. The molecular weight excluding hydrogens is 440 g/mol. The topological polar surface area (TPSA) is 98.8 Å². The summed E-state index contributed by atoms with van der Waals surface area (Å²) in [6.07, 6.45) is 3.84. The summed E-state index contributed by atoms with van der Waals surface area (Å²) in [5.74, 6) is -0.574. The number of anilines is 2. The molecule has 33 heavy (non-hydrogen) atoms. The minimum atomic E-state index is -3.57. The number of hydrogen-bond acceptors (Lipinski definition) is 5. The standard InChI is InChI=1S/C24H32N4O4S/c1-19-10-12-20(13-11-19)26-23(29)18-27(2)24(30)17-25-21-8-7-9-22(16-21)33(31,32)28-14-5-3-4-6-15-28/h7-13,16,25H,3-6,14-15,17-18H2,1-2H3,(H,26,29). The summed E-state index contributed by atoms with van der Waals surface area (Å²) < 4.78 is 27.6. The van der Waals surface area contributed by atoms with Crippen molar-refractivity contribution in [1.82, 2.24) is 9.21 Å². The van der Waals surface area contributed by atoms with Crippen molar-refractivity contribution in [2.45, 2.75) is 37.5 Å². The third-order valence-corrected chi connectivity index (χ3v) is 7.52. The number of nitrogens with one attached hydrogen (secondary N) is 2. The first-order valence-electron chi connectivity index (χ1n) is 11.2. The zero-order valence-electron chi connectivity index (χ0n) is 19.2. The van der Waals surface area contributed by atoms with E-state index in [1.807, 2.05) is 31.2 Å².